The van der Waals surface area contributed by atoms with Gasteiger partial charge in [-0.2, -0.15) is 4.98 Å². The van der Waals surface area contributed by atoms with E-state index in [2.05, 4.69) is 10.1 Å². The van der Waals surface area contributed by atoms with E-state index in [1.807, 2.05) is 12.1 Å². The van der Waals surface area contributed by atoms with Gasteiger partial charge in [0.25, 0.3) is 5.89 Å². The minimum atomic E-state index is -0.338. The highest BCUT2D eigenvalue weighted by atomic mass is 35.5. The van der Waals surface area contributed by atoms with Crippen molar-refractivity contribution in [3.05, 3.63) is 65.2 Å². The van der Waals surface area contributed by atoms with Gasteiger partial charge >= 0.3 is 0 Å². The fourth-order valence-corrected chi connectivity index (χ4v) is 3.11. The lowest BCUT2D eigenvalue weighted by atomic mass is 10.1. The molecule has 1 amide bonds. The molecule has 0 saturated carbocycles. The molecular formula is C18H13ClFN3O2. The third-order valence-corrected chi connectivity index (χ3v) is 4.50. The molecule has 0 radical (unpaired) electrons. The Hall–Kier alpha value is -2.73. The molecule has 1 atom stereocenters. The molecule has 0 unspecified atom stereocenters. The average Bonchev–Trinajstić information content (AvgIpc) is 3.23. The van der Waals surface area contributed by atoms with Crippen LogP contribution in [0.2, 0.25) is 5.02 Å². The standard InChI is InChI=1S/C18H13ClFN3O2/c19-15-4-2-1-3-14(15)18-21-17(22-25-18)11-9-16(24)23(10-11)13-7-5-12(20)6-8-13/h1-8,11H,9-10H2/t11-/m0/s1. The van der Waals surface area contributed by atoms with Gasteiger partial charge in [0, 0.05) is 24.6 Å². The maximum absolute atomic E-state index is 13.1. The second-order valence-electron chi connectivity index (χ2n) is 5.82. The van der Waals surface area contributed by atoms with Gasteiger partial charge in [-0.15, -0.1) is 0 Å². The molecule has 0 spiro atoms. The van der Waals surface area contributed by atoms with Gasteiger partial charge < -0.3 is 9.42 Å². The van der Waals surface area contributed by atoms with Crippen LogP contribution >= 0.6 is 11.6 Å². The van der Waals surface area contributed by atoms with Crippen molar-refractivity contribution in [1.29, 1.82) is 0 Å². The largest absolute Gasteiger partial charge is 0.334 e. The Morgan fingerprint density at radius 2 is 1.92 bits per heavy atom. The molecule has 0 aliphatic carbocycles. The van der Waals surface area contributed by atoms with E-state index in [0.29, 0.717) is 34.5 Å². The van der Waals surface area contributed by atoms with Gasteiger partial charge in [-0.3, -0.25) is 4.79 Å². The molecule has 1 fully saturated rings. The molecule has 4 rings (SSSR count). The quantitative estimate of drug-likeness (QED) is 0.709. The first-order valence-electron chi connectivity index (χ1n) is 7.76. The van der Waals surface area contributed by atoms with Crippen LogP contribution in [0.3, 0.4) is 0 Å². The van der Waals surface area contributed by atoms with E-state index in [1.165, 1.54) is 12.1 Å². The lowest BCUT2D eigenvalue weighted by Crippen LogP contribution is -2.24. The Labute approximate surface area is 148 Å². The first kappa shape index (κ1) is 15.8. The van der Waals surface area contributed by atoms with Gasteiger partial charge in [-0.1, -0.05) is 28.9 Å². The topological polar surface area (TPSA) is 59.2 Å². The van der Waals surface area contributed by atoms with E-state index in [9.17, 15) is 9.18 Å². The Balaban J connectivity index is 1.57. The number of benzene rings is 2. The Morgan fingerprint density at radius 1 is 1.16 bits per heavy atom. The Kier molecular flexibility index (Phi) is 3.97. The monoisotopic (exact) mass is 357 g/mol. The van der Waals surface area contributed by atoms with Crippen LogP contribution < -0.4 is 4.90 Å². The summed E-state index contributed by atoms with van der Waals surface area (Å²) in [5.41, 5.74) is 1.31. The number of amides is 1. The van der Waals surface area contributed by atoms with Crippen LogP contribution in [0.4, 0.5) is 10.1 Å². The zero-order valence-electron chi connectivity index (χ0n) is 13.0. The van der Waals surface area contributed by atoms with Crippen LogP contribution in [0.15, 0.2) is 53.1 Å². The number of hydrogen-bond acceptors (Lipinski definition) is 4. The molecule has 1 aliphatic rings. The number of carbonyl (C=O) groups excluding carboxylic acids is 1. The summed E-state index contributed by atoms with van der Waals surface area (Å²) in [7, 11) is 0. The highest BCUT2D eigenvalue weighted by Gasteiger charge is 2.34. The van der Waals surface area contributed by atoms with Crippen molar-refractivity contribution in [1.82, 2.24) is 10.1 Å². The molecule has 0 bridgehead atoms. The molecule has 25 heavy (non-hydrogen) atoms. The van der Waals surface area contributed by atoms with E-state index < -0.39 is 0 Å². The number of carbonyl (C=O) groups is 1. The van der Waals surface area contributed by atoms with Crippen molar-refractivity contribution in [3.8, 4) is 11.5 Å². The van der Waals surface area contributed by atoms with Crippen LogP contribution in [0.5, 0.6) is 0 Å². The van der Waals surface area contributed by atoms with Crippen LogP contribution in [0, 0.1) is 5.82 Å². The van der Waals surface area contributed by atoms with E-state index in [0.717, 1.165) is 0 Å². The number of nitrogens with zero attached hydrogens (tertiary/aromatic N) is 3. The first-order valence-corrected chi connectivity index (χ1v) is 8.14. The third kappa shape index (κ3) is 3.00. The van der Waals surface area contributed by atoms with E-state index in [-0.39, 0.29) is 24.1 Å². The summed E-state index contributed by atoms with van der Waals surface area (Å²) >= 11 is 6.15. The van der Waals surface area contributed by atoms with Crippen molar-refractivity contribution < 1.29 is 13.7 Å². The fourth-order valence-electron chi connectivity index (χ4n) is 2.90. The summed E-state index contributed by atoms with van der Waals surface area (Å²) in [5.74, 6) is 0.217. The maximum Gasteiger partial charge on any atom is 0.259 e. The highest BCUT2D eigenvalue weighted by Crippen LogP contribution is 2.32. The zero-order valence-corrected chi connectivity index (χ0v) is 13.8. The number of halogens is 2. The molecule has 7 heteroatoms. The second kappa shape index (κ2) is 6.29. The summed E-state index contributed by atoms with van der Waals surface area (Å²) < 4.78 is 18.4. The van der Waals surface area contributed by atoms with Crippen molar-refractivity contribution in [2.45, 2.75) is 12.3 Å². The number of anilines is 1. The summed E-state index contributed by atoms with van der Waals surface area (Å²) in [4.78, 5) is 18.3. The van der Waals surface area contributed by atoms with Crippen LogP contribution in [-0.2, 0) is 4.79 Å². The fraction of sp³-hybridized carbons (Fsp3) is 0.167. The van der Waals surface area contributed by atoms with Crippen molar-refractivity contribution in [2.24, 2.45) is 0 Å². The average molecular weight is 358 g/mol. The SMILES string of the molecule is O=C1C[C@H](c2noc(-c3ccccc3Cl)n2)CN1c1ccc(F)cc1. The second-order valence-corrected chi connectivity index (χ2v) is 6.23. The van der Waals surface area contributed by atoms with Gasteiger partial charge in [0.2, 0.25) is 5.91 Å². The maximum atomic E-state index is 13.1. The molecule has 1 aliphatic heterocycles. The predicted octanol–water partition coefficient (Wildman–Crippen LogP) is 4.05. The van der Waals surface area contributed by atoms with Crippen molar-refractivity contribution >= 4 is 23.2 Å². The van der Waals surface area contributed by atoms with Crippen molar-refractivity contribution in [3.63, 3.8) is 0 Å². The third-order valence-electron chi connectivity index (χ3n) is 4.17. The first-order chi connectivity index (χ1) is 12.1. The van der Waals surface area contributed by atoms with Gasteiger partial charge in [0.05, 0.1) is 10.6 Å². The molecule has 3 aromatic rings. The smallest absolute Gasteiger partial charge is 0.259 e. The minimum absolute atomic E-state index is 0.0549. The minimum Gasteiger partial charge on any atom is -0.334 e. The molecule has 5 nitrogen and oxygen atoms in total. The molecule has 126 valence electrons. The Bertz CT molecular complexity index is 926. The van der Waals surface area contributed by atoms with Gasteiger partial charge in [0.1, 0.15) is 5.82 Å². The summed E-state index contributed by atoms with van der Waals surface area (Å²) in [6.45, 7) is 0.423. The molecule has 1 saturated heterocycles. The van der Waals surface area contributed by atoms with E-state index >= 15 is 0 Å². The summed E-state index contributed by atoms with van der Waals surface area (Å²) in [6.07, 6.45) is 0.277. The van der Waals surface area contributed by atoms with Gasteiger partial charge in [0.15, 0.2) is 5.82 Å². The summed E-state index contributed by atoms with van der Waals surface area (Å²) in [5, 5.41) is 4.53. The molecule has 1 aromatic heterocycles. The Morgan fingerprint density at radius 3 is 2.68 bits per heavy atom. The summed E-state index contributed by atoms with van der Waals surface area (Å²) in [6, 6.07) is 13.0. The number of hydrogen-bond donors (Lipinski definition) is 0. The van der Waals surface area contributed by atoms with Crippen LogP contribution in [0.25, 0.3) is 11.5 Å². The lowest BCUT2D eigenvalue weighted by Gasteiger charge is -2.15. The van der Waals surface area contributed by atoms with Gasteiger partial charge in [-0.05, 0) is 36.4 Å². The molecular weight excluding hydrogens is 345 g/mol. The van der Waals surface area contributed by atoms with E-state index in [1.54, 1.807) is 29.2 Å². The molecule has 2 heterocycles. The number of rotatable bonds is 3. The predicted molar refractivity (Wildman–Crippen MR) is 90.9 cm³/mol. The van der Waals surface area contributed by atoms with Crippen LogP contribution in [0.1, 0.15) is 18.2 Å². The van der Waals surface area contributed by atoms with Crippen LogP contribution in [-0.4, -0.2) is 22.6 Å². The van der Waals surface area contributed by atoms with E-state index in [4.69, 9.17) is 16.1 Å². The molecule has 2 aromatic carbocycles. The van der Waals surface area contributed by atoms with Gasteiger partial charge in [-0.25, -0.2) is 4.39 Å². The zero-order chi connectivity index (χ0) is 17.4. The molecule has 0 N–H and O–H groups in total. The highest BCUT2D eigenvalue weighted by molar-refractivity contribution is 6.33. The normalized spacial score (nSPS) is 17.3. The number of aromatic nitrogens is 2. The van der Waals surface area contributed by atoms with Crippen molar-refractivity contribution in [2.75, 3.05) is 11.4 Å². The lowest BCUT2D eigenvalue weighted by molar-refractivity contribution is -0.117.